The zero-order valence-electron chi connectivity index (χ0n) is 17.1. The van der Waals surface area contributed by atoms with Gasteiger partial charge in [-0.1, -0.05) is 30.3 Å². The molecule has 0 amide bonds. The van der Waals surface area contributed by atoms with Crippen molar-refractivity contribution in [1.82, 2.24) is 0 Å². The highest BCUT2D eigenvalue weighted by Crippen LogP contribution is 2.36. The van der Waals surface area contributed by atoms with Gasteiger partial charge in [-0.2, -0.15) is 0 Å². The number of nitrogens with zero attached hydrogens (tertiary/aromatic N) is 1. The third-order valence-electron chi connectivity index (χ3n) is 5.54. The number of rotatable bonds is 4. The van der Waals surface area contributed by atoms with Gasteiger partial charge in [0.2, 0.25) is 0 Å². The van der Waals surface area contributed by atoms with Gasteiger partial charge < -0.3 is 14.2 Å². The summed E-state index contributed by atoms with van der Waals surface area (Å²) in [7, 11) is 1.82. The highest BCUT2D eigenvalue weighted by Gasteiger charge is 2.51. The molecule has 3 nitrogen and oxygen atoms in total. The van der Waals surface area contributed by atoms with Gasteiger partial charge >= 0.3 is 7.12 Å². The summed E-state index contributed by atoms with van der Waals surface area (Å²) in [6.07, 6.45) is 0. The quantitative estimate of drug-likeness (QED) is 0.769. The smallest absolute Gasteiger partial charge is 0.399 e. The van der Waals surface area contributed by atoms with Crippen LogP contribution in [0.25, 0.3) is 0 Å². The molecule has 0 aliphatic carbocycles. The van der Waals surface area contributed by atoms with Crippen LogP contribution in [0.5, 0.6) is 0 Å². The molecular weight excluding hydrogens is 321 g/mol. The fourth-order valence-electron chi connectivity index (χ4n) is 3.35. The van der Waals surface area contributed by atoms with Gasteiger partial charge in [-0.25, -0.2) is 0 Å². The van der Waals surface area contributed by atoms with E-state index in [1.54, 1.807) is 0 Å². The highest BCUT2D eigenvalue weighted by atomic mass is 16.7. The third kappa shape index (κ3) is 3.82. The molecule has 1 aliphatic heterocycles. The van der Waals surface area contributed by atoms with Crippen molar-refractivity contribution in [3.63, 3.8) is 0 Å². The maximum absolute atomic E-state index is 6.19. The molecular formula is C22H30BNO2. The van der Waals surface area contributed by atoms with E-state index in [2.05, 4.69) is 96.0 Å². The SMILES string of the molecule is Cc1cc(C)cc(N(C)Cc2cccc(B3OC(C)(C)C(C)(C)O3)c2)c1. The lowest BCUT2D eigenvalue weighted by Crippen LogP contribution is -2.41. The number of benzene rings is 2. The van der Waals surface area contributed by atoms with Gasteiger partial charge in [0, 0.05) is 19.3 Å². The average molecular weight is 351 g/mol. The lowest BCUT2D eigenvalue weighted by molar-refractivity contribution is 0.00578. The van der Waals surface area contributed by atoms with Crippen molar-refractivity contribution in [2.45, 2.75) is 59.3 Å². The molecule has 1 fully saturated rings. The minimum atomic E-state index is -0.316. The predicted octanol–water partition coefficient (Wildman–Crippen LogP) is 4.24. The molecule has 2 aromatic carbocycles. The maximum Gasteiger partial charge on any atom is 0.494 e. The van der Waals surface area contributed by atoms with Crippen LogP contribution in [0.3, 0.4) is 0 Å². The lowest BCUT2D eigenvalue weighted by Gasteiger charge is -2.32. The zero-order chi connectivity index (χ0) is 19.1. The molecule has 4 heteroatoms. The maximum atomic E-state index is 6.19. The van der Waals surface area contributed by atoms with E-state index in [4.69, 9.17) is 9.31 Å². The summed E-state index contributed by atoms with van der Waals surface area (Å²) in [5.41, 5.74) is 5.51. The molecule has 0 unspecified atom stereocenters. The van der Waals surface area contributed by atoms with Crippen molar-refractivity contribution in [3.05, 3.63) is 59.2 Å². The van der Waals surface area contributed by atoms with Gasteiger partial charge in [-0.3, -0.25) is 0 Å². The molecule has 0 bridgehead atoms. The second kappa shape index (κ2) is 6.75. The summed E-state index contributed by atoms with van der Waals surface area (Å²) >= 11 is 0. The van der Waals surface area contributed by atoms with E-state index in [1.165, 1.54) is 22.4 Å². The van der Waals surface area contributed by atoms with Gasteiger partial charge in [0.15, 0.2) is 0 Å². The Kier molecular flexibility index (Phi) is 4.93. The van der Waals surface area contributed by atoms with Crippen molar-refractivity contribution >= 4 is 18.3 Å². The number of hydrogen-bond acceptors (Lipinski definition) is 3. The summed E-state index contributed by atoms with van der Waals surface area (Å²) in [6.45, 7) is 13.5. The second-order valence-corrected chi connectivity index (χ2v) is 8.54. The molecule has 0 aromatic heterocycles. The Morgan fingerprint density at radius 3 is 2.04 bits per heavy atom. The minimum absolute atomic E-state index is 0.313. The molecule has 138 valence electrons. The summed E-state index contributed by atoms with van der Waals surface area (Å²) < 4.78 is 12.4. The van der Waals surface area contributed by atoms with Crippen LogP contribution in [0.2, 0.25) is 0 Å². The van der Waals surface area contributed by atoms with Gasteiger partial charge in [0.05, 0.1) is 11.2 Å². The molecule has 1 aliphatic rings. The van der Waals surface area contributed by atoms with Gasteiger partial charge in [0.1, 0.15) is 0 Å². The Hall–Kier alpha value is -1.78. The molecule has 0 radical (unpaired) electrons. The Bertz CT molecular complexity index is 764. The van der Waals surface area contributed by atoms with Crippen molar-refractivity contribution < 1.29 is 9.31 Å². The van der Waals surface area contributed by atoms with Crippen molar-refractivity contribution in [3.8, 4) is 0 Å². The van der Waals surface area contributed by atoms with E-state index in [9.17, 15) is 0 Å². The van der Waals surface area contributed by atoms with E-state index in [-0.39, 0.29) is 18.3 Å². The molecule has 0 N–H and O–H groups in total. The molecule has 0 spiro atoms. The second-order valence-electron chi connectivity index (χ2n) is 8.54. The topological polar surface area (TPSA) is 21.7 Å². The summed E-state index contributed by atoms with van der Waals surface area (Å²) in [6, 6.07) is 15.2. The molecule has 3 rings (SSSR count). The van der Waals surface area contributed by atoms with Crippen LogP contribution >= 0.6 is 0 Å². The molecule has 2 aromatic rings. The standard InChI is InChI=1S/C22H30BNO2/c1-16-11-17(2)13-20(12-16)24(7)15-18-9-8-10-19(14-18)23-25-21(3,4)22(5,6)26-23/h8-14H,15H2,1-7H3. The van der Waals surface area contributed by atoms with Crippen molar-refractivity contribution in [2.75, 3.05) is 11.9 Å². The highest BCUT2D eigenvalue weighted by molar-refractivity contribution is 6.62. The summed E-state index contributed by atoms with van der Waals surface area (Å²) in [5, 5.41) is 0. The molecule has 0 saturated carbocycles. The van der Waals surface area contributed by atoms with E-state index >= 15 is 0 Å². The fraction of sp³-hybridized carbons (Fsp3) is 0.455. The number of aryl methyl sites for hydroxylation is 2. The summed E-state index contributed by atoms with van der Waals surface area (Å²) in [4.78, 5) is 2.28. The molecule has 1 saturated heterocycles. The van der Waals surface area contributed by atoms with Crippen LogP contribution in [0.1, 0.15) is 44.4 Å². The Balaban J connectivity index is 1.78. The first kappa shape index (κ1) is 19.0. The number of hydrogen-bond donors (Lipinski definition) is 0. The van der Waals surface area contributed by atoms with Crippen LogP contribution in [0.15, 0.2) is 42.5 Å². The van der Waals surface area contributed by atoms with Crippen LogP contribution in [-0.2, 0) is 15.9 Å². The third-order valence-corrected chi connectivity index (χ3v) is 5.54. The van der Waals surface area contributed by atoms with Crippen molar-refractivity contribution in [2.24, 2.45) is 0 Å². The van der Waals surface area contributed by atoms with Crippen LogP contribution in [0.4, 0.5) is 5.69 Å². The lowest BCUT2D eigenvalue weighted by atomic mass is 9.78. The predicted molar refractivity (Wildman–Crippen MR) is 110 cm³/mol. The zero-order valence-corrected chi connectivity index (χ0v) is 17.1. The monoisotopic (exact) mass is 351 g/mol. The van der Waals surface area contributed by atoms with E-state index in [0.29, 0.717) is 0 Å². The summed E-state index contributed by atoms with van der Waals surface area (Å²) in [5.74, 6) is 0. The molecule has 0 atom stereocenters. The molecule has 1 heterocycles. The first-order valence-corrected chi connectivity index (χ1v) is 9.31. The van der Waals surface area contributed by atoms with Crippen LogP contribution < -0.4 is 10.4 Å². The average Bonchev–Trinajstić information content (AvgIpc) is 2.75. The van der Waals surface area contributed by atoms with E-state index < -0.39 is 0 Å². The normalized spacial score (nSPS) is 18.2. The first-order valence-electron chi connectivity index (χ1n) is 9.31. The largest absolute Gasteiger partial charge is 0.494 e. The van der Waals surface area contributed by atoms with E-state index in [1.807, 2.05) is 0 Å². The van der Waals surface area contributed by atoms with Gasteiger partial charge in [-0.05, 0) is 75.8 Å². The Labute approximate surface area is 158 Å². The Morgan fingerprint density at radius 2 is 1.46 bits per heavy atom. The van der Waals surface area contributed by atoms with Crippen LogP contribution in [0, 0.1) is 13.8 Å². The molecule has 26 heavy (non-hydrogen) atoms. The number of anilines is 1. The van der Waals surface area contributed by atoms with Gasteiger partial charge in [0.25, 0.3) is 0 Å². The fourth-order valence-corrected chi connectivity index (χ4v) is 3.35. The van der Waals surface area contributed by atoms with E-state index in [0.717, 1.165) is 12.0 Å². The van der Waals surface area contributed by atoms with Crippen molar-refractivity contribution in [1.29, 1.82) is 0 Å². The first-order chi connectivity index (χ1) is 12.1. The minimum Gasteiger partial charge on any atom is -0.399 e. The van der Waals surface area contributed by atoms with Crippen LogP contribution in [-0.4, -0.2) is 25.4 Å². The van der Waals surface area contributed by atoms with Gasteiger partial charge in [-0.15, -0.1) is 0 Å². The Morgan fingerprint density at radius 1 is 0.885 bits per heavy atom.